The zero-order valence-electron chi connectivity index (χ0n) is 14.4. The Kier molecular flexibility index (Phi) is 4.73. The van der Waals surface area contributed by atoms with Gasteiger partial charge in [0, 0.05) is 49.7 Å². The van der Waals surface area contributed by atoms with E-state index in [4.69, 9.17) is 5.73 Å². The molecule has 3 atom stereocenters. The van der Waals surface area contributed by atoms with Gasteiger partial charge in [-0.3, -0.25) is 14.2 Å². The average Bonchev–Trinajstić information content (AvgIpc) is 3.05. The molecule has 0 saturated carbocycles. The minimum atomic E-state index is -0.445. The molecule has 0 aliphatic carbocycles. The van der Waals surface area contributed by atoms with Crippen molar-refractivity contribution in [3.05, 3.63) is 39.3 Å². The summed E-state index contributed by atoms with van der Waals surface area (Å²) >= 11 is 1.37. The van der Waals surface area contributed by atoms with Crippen LogP contribution in [0.25, 0.3) is 0 Å². The van der Waals surface area contributed by atoms with Crippen LogP contribution >= 0.6 is 11.3 Å². The zero-order chi connectivity index (χ0) is 18.1. The maximum Gasteiger partial charge on any atom is 0.251 e. The summed E-state index contributed by atoms with van der Waals surface area (Å²) in [7, 11) is 0. The van der Waals surface area contributed by atoms with Gasteiger partial charge in [0.2, 0.25) is 11.0 Å². The van der Waals surface area contributed by atoms with Gasteiger partial charge in [-0.1, -0.05) is 17.4 Å². The van der Waals surface area contributed by atoms with E-state index in [0.717, 1.165) is 43.1 Å². The van der Waals surface area contributed by atoms with Gasteiger partial charge in [-0.25, -0.2) is 0 Å². The summed E-state index contributed by atoms with van der Waals surface area (Å²) in [5.74, 6) is 0.363. The van der Waals surface area contributed by atoms with Crippen molar-refractivity contribution >= 4 is 22.4 Å². The average molecular weight is 374 g/mol. The normalized spacial score (nSPS) is 24.1. The molecule has 0 aromatic carbocycles. The lowest BCUT2D eigenvalue weighted by Gasteiger charge is -2.42. The van der Waals surface area contributed by atoms with Crippen molar-refractivity contribution in [1.82, 2.24) is 25.4 Å². The first-order valence-electron chi connectivity index (χ1n) is 8.91. The Labute approximate surface area is 154 Å². The smallest absolute Gasteiger partial charge is 0.251 e. The number of fused-ring (bicyclic) bond motifs is 4. The van der Waals surface area contributed by atoms with Crippen molar-refractivity contribution in [3.63, 3.8) is 0 Å². The number of aryl methyl sites for hydroxylation is 1. The number of aromatic nitrogens is 3. The monoisotopic (exact) mass is 374 g/mol. The number of hydrogen-bond donors (Lipinski definition) is 3. The number of nitrogens with zero attached hydrogens (tertiary/aromatic N) is 3. The Balaban J connectivity index is 1.45. The van der Waals surface area contributed by atoms with Crippen LogP contribution in [0.2, 0.25) is 0 Å². The lowest BCUT2D eigenvalue weighted by molar-refractivity contribution is -0.127. The van der Waals surface area contributed by atoms with Gasteiger partial charge in [-0.05, 0) is 18.9 Å². The first-order chi connectivity index (χ1) is 12.6. The summed E-state index contributed by atoms with van der Waals surface area (Å²) < 4.78 is 1.71. The fourth-order valence-electron chi connectivity index (χ4n) is 4.05. The molecule has 26 heavy (non-hydrogen) atoms. The van der Waals surface area contributed by atoms with Crippen LogP contribution in [0.1, 0.15) is 35.5 Å². The van der Waals surface area contributed by atoms with Gasteiger partial charge < -0.3 is 16.4 Å². The molecule has 2 aromatic heterocycles. The fourth-order valence-corrected chi connectivity index (χ4v) is 4.70. The number of pyridine rings is 1. The van der Waals surface area contributed by atoms with Gasteiger partial charge in [0.05, 0.1) is 0 Å². The minimum Gasteiger partial charge on any atom is -0.374 e. The number of piperidine rings is 1. The zero-order valence-corrected chi connectivity index (χ0v) is 15.2. The lowest BCUT2D eigenvalue weighted by Crippen LogP contribution is -2.52. The second-order valence-electron chi connectivity index (χ2n) is 6.88. The van der Waals surface area contributed by atoms with Crippen molar-refractivity contribution in [2.24, 2.45) is 5.92 Å². The van der Waals surface area contributed by atoms with E-state index >= 15 is 0 Å². The lowest BCUT2D eigenvalue weighted by atomic mass is 9.79. The second kappa shape index (κ2) is 7.16. The third-order valence-corrected chi connectivity index (χ3v) is 5.98. The van der Waals surface area contributed by atoms with E-state index in [2.05, 4.69) is 20.8 Å². The highest BCUT2D eigenvalue weighted by molar-refractivity contribution is 7.15. The number of amides is 1. The van der Waals surface area contributed by atoms with Crippen LogP contribution in [0.15, 0.2) is 23.0 Å². The van der Waals surface area contributed by atoms with Crippen LogP contribution in [-0.4, -0.2) is 40.3 Å². The molecule has 4 heterocycles. The number of carbonyl (C=O) groups excluding carboxylic acids is 1. The van der Waals surface area contributed by atoms with Gasteiger partial charge >= 0.3 is 0 Å². The van der Waals surface area contributed by atoms with Crippen LogP contribution in [0.4, 0.5) is 5.13 Å². The summed E-state index contributed by atoms with van der Waals surface area (Å²) in [5, 5.41) is 15.5. The van der Waals surface area contributed by atoms with Crippen LogP contribution in [0.5, 0.6) is 0 Å². The van der Waals surface area contributed by atoms with Gasteiger partial charge in [-0.15, -0.1) is 10.2 Å². The highest BCUT2D eigenvalue weighted by Gasteiger charge is 2.41. The third-order valence-electron chi connectivity index (χ3n) is 5.17. The van der Waals surface area contributed by atoms with E-state index in [9.17, 15) is 9.59 Å². The first kappa shape index (κ1) is 17.2. The summed E-state index contributed by atoms with van der Waals surface area (Å²) in [6.45, 7) is 2.16. The summed E-state index contributed by atoms with van der Waals surface area (Å²) in [6.07, 6.45) is 2.43. The molecule has 4 N–H and O–H groups in total. The number of nitrogens with one attached hydrogen (secondary N) is 2. The van der Waals surface area contributed by atoms with Crippen LogP contribution in [-0.2, 0) is 11.2 Å². The van der Waals surface area contributed by atoms with E-state index in [1.54, 1.807) is 10.6 Å². The largest absolute Gasteiger partial charge is 0.374 e. The van der Waals surface area contributed by atoms with E-state index in [1.165, 1.54) is 17.4 Å². The molecule has 2 aliphatic heterocycles. The van der Waals surface area contributed by atoms with Crippen molar-refractivity contribution in [3.8, 4) is 0 Å². The maximum atomic E-state index is 12.9. The molecule has 1 amide bonds. The van der Waals surface area contributed by atoms with Crippen molar-refractivity contribution < 1.29 is 4.79 Å². The molecule has 2 bridgehead atoms. The second-order valence-corrected chi connectivity index (χ2v) is 7.98. The Morgan fingerprint density at radius 1 is 1.38 bits per heavy atom. The molecule has 0 spiro atoms. The molecule has 8 nitrogen and oxygen atoms in total. The Morgan fingerprint density at radius 2 is 2.27 bits per heavy atom. The van der Waals surface area contributed by atoms with Crippen molar-refractivity contribution in [2.45, 2.75) is 31.2 Å². The molecule has 4 rings (SSSR count). The number of anilines is 1. The predicted molar refractivity (Wildman–Crippen MR) is 99.1 cm³/mol. The fraction of sp³-hybridized carbons (Fsp3) is 0.529. The summed E-state index contributed by atoms with van der Waals surface area (Å²) in [4.78, 5) is 25.3. The highest BCUT2D eigenvalue weighted by Crippen LogP contribution is 2.38. The quantitative estimate of drug-likeness (QED) is 0.648. The number of nitrogen functional groups attached to an aromatic ring is 1. The molecule has 1 fully saturated rings. The molecule has 0 unspecified atom stereocenters. The molecule has 138 valence electrons. The van der Waals surface area contributed by atoms with Gasteiger partial charge in [0.15, 0.2) is 0 Å². The van der Waals surface area contributed by atoms with Gasteiger partial charge in [-0.2, -0.15) is 0 Å². The van der Waals surface area contributed by atoms with E-state index in [0.29, 0.717) is 17.6 Å². The van der Waals surface area contributed by atoms with E-state index < -0.39 is 6.04 Å². The van der Waals surface area contributed by atoms with Gasteiger partial charge in [0.1, 0.15) is 11.0 Å². The predicted octanol–water partition coefficient (Wildman–Crippen LogP) is 0.279. The SMILES string of the molecule is Nc1nnc(CCCNC(=O)[C@H]2[C@@H]3CNC[C@@H](C3)c3cccc(=O)n32)s1. The van der Waals surface area contributed by atoms with Crippen LogP contribution in [0, 0.1) is 5.92 Å². The van der Waals surface area contributed by atoms with Crippen LogP contribution in [0.3, 0.4) is 0 Å². The molecular weight excluding hydrogens is 352 g/mol. The summed E-state index contributed by atoms with van der Waals surface area (Å²) in [6, 6.07) is 4.85. The highest BCUT2D eigenvalue weighted by atomic mass is 32.1. The van der Waals surface area contributed by atoms with E-state index in [1.807, 2.05) is 6.07 Å². The molecule has 2 aromatic rings. The molecule has 2 aliphatic rings. The first-order valence-corrected chi connectivity index (χ1v) is 9.73. The van der Waals surface area contributed by atoms with Crippen molar-refractivity contribution in [1.29, 1.82) is 0 Å². The van der Waals surface area contributed by atoms with Gasteiger partial charge in [0.25, 0.3) is 5.56 Å². The van der Waals surface area contributed by atoms with Crippen LogP contribution < -0.4 is 21.9 Å². The molecule has 9 heteroatoms. The Morgan fingerprint density at radius 3 is 3.08 bits per heavy atom. The Hall–Kier alpha value is -2.26. The molecule has 1 saturated heterocycles. The summed E-state index contributed by atoms with van der Waals surface area (Å²) in [5.41, 5.74) is 6.44. The standard InChI is InChI=1S/C17H22N6O2S/c18-17-22-21-13(26-17)4-2-6-20-16(25)15-11-7-10(8-19-9-11)12-3-1-5-14(24)23(12)15/h1,3,5,10-11,15,19H,2,4,6-9H2,(H2,18,22)(H,20,25)/t10-,11+,15-/m1/s1. The minimum absolute atomic E-state index is 0.0801. The topological polar surface area (TPSA) is 115 Å². The number of rotatable bonds is 5. The number of carbonyl (C=O) groups is 1. The molecule has 0 radical (unpaired) electrons. The third kappa shape index (κ3) is 3.24. The molecular formula is C17H22N6O2S. The number of hydrogen-bond acceptors (Lipinski definition) is 7. The van der Waals surface area contributed by atoms with Crippen molar-refractivity contribution in [2.75, 3.05) is 25.4 Å². The Bertz CT molecular complexity index is 863. The number of nitrogens with two attached hydrogens (primary N) is 1. The van der Waals surface area contributed by atoms with E-state index in [-0.39, 0.29) is 17.4 Å². The maximum absolute atomic E-state index is 12.9.